The Kier molecular flexibility index (Phi) is 3.36. The molecule has 0 bridgehead atoms. The summed E-state index contributed by atoms with van der Waals surface area (Å²) in [5.41, 5.74) is 0. The zero-order valence-electron chi connectivity index (χ0n) is 10.8. The van der Waals surface area contributed by atoms with Crippen LogP contribution in [0.1, 0.15) is 31.9 Å². The van der Waals surface area contributed by atoms with Crippen molar-refractivity contribution in [3.63, 3.8) is 0 Å². The van der Waals surface area contributed by atoms with Gasteiger partial charge < -0.3 is 14.6 Å². The van der Waals surface area contributed by atoms with Crippen LogP contribution in [0.4, 0.5) is 0 Å². The Morgan fingerprint density at radius 2 is 2.22 bits per heavy atom. The minimum Gasteiger partial charge on any atom is -0.444 e. The first-order chi connectivity index (χ1) is 8.52. The van der Waals surface area contributed by atoms with Gasteiger partial charge in [0.25, 0.3) is 0 Å². The average molecular weight is 251 g/mol. The van der Waals surface area contributed by atoms with Crippen LogP contribution >= 0.6 is 0 Å². The molecule has 6 heteroatoms. The van der Waals surface area contributed by atoms with Crippen LogP contribution in [0.2, 0.25) is 0 Å². The standard InChI is InChI=1S/C12H17N3O3/c1-4-9-11(16)14-8(3)12(17)15(9)6-10-13-5-7(2)18-10/h5,8-9H,4,6H2,1-3H3,(H,14,16). The van der Waals surface area contributed by atoms with E-state index >= 15 is 0 Å². The van der Waals surface area contributed by atoms with Crippen LogP contribution in [-0.2, 0) is 16.1 Å². The summed E-state index contributed by atoms with van der Waals surface area (Å²) in [7, 11) is 0. The lowest BCUT2D eigenvalue weighted by molar-refractivity contribution is -0.150. The monoisotopic (exact) mass is 251 g/mol. The molecule has 0 spiro atoms. The SMILES string of the molecule is CCC1C(=O)NC(C)C(=O)N1Cc1ncc(C)o1. The predicted octanol–water partition coefficient (Wildman–Crippen LogP) is 0.609. The molecule has 2 unspecified atom stereocenters. The van der Waals surface area contributed by atoms with E-state index in [-0.39, 0.29) is 18.4 Å². The van der Waals surface area contributed by atoms with Crippen molar-refractivity contribution in [2.75, 3.05) is 0 Å². The quantitative estimate of drug-likeness (QED) is 0.854. The van der Waals surface area contributed by atoms with Crippen molar-refractivity contribution >= 4 is 11.8 Å². The Bertz CT molecular complexity index is 469. The molecule has 1 aromatic rings. The summed E-state index contributed by atoms with van der Waals surface area (Å²) in [5, 5.41) is 2.67. The molecule has 6 nitrogen and oxygen atoms in total. The molecule has 2 rings (SSSR count). The zero-order chi connectivity index (χ0) is 13.3. The first kappa shape index (κ1) is 12.6. The second-order valence-corrected chi connectivity index (χ2v) is 4.49. The number of hydrogen-bond acceptors (Lipinski definition) is 4. The number of amides is 2. The van der Waals surface area contributed by atoms with Gasteiger partial charge in [0.1, 0.15) is 17.8 Å². The molecule has 0 aliphatic carbocycles. The highest BCUT2D eigenvalue weighted by molar-refractivity contribution is 5.96. The molecule has 1 fully saturated rings. The van der Waals surface area contributed by atoms with Gasteiger partial charge in [-0.1, -0.05) is 6.92 Å². The normalized spacial score (nSPS) is 24.3. The third kappa shape index (κ3) is 2.23. The predicted molar refractivity (Wildman–Crippen MR) is 63.5 cm³/mol. The zero-order valence-corrected chi connectivity index (χ0v) is 10.8. The fraction of sp³-hybridized carbons (Fsp3) is 0.583. The number of nitrogens with one attached hydrogen (secondary N) is 1. The maximum absolute atomic E-state index is 12.1. The van der Waals surface area contributed by atoms with Crippen molar-refractivity contribution < 1.29 is 14.0 Å². The molecule has 2 heterocycles. The van der Waals surface area contributed by atoms with Crippen LogP contribution in [0.5, 0.6) is 0 Å². The number of aryl methyl sites for hydroxylation is 1. The van der Waals surface area contributed by atoms with Gasteiger partial charge in [-0.3, -0.25) is 9.59 Å². The fourth-order valence-electron chi connectivity index (χ4n) is 2.13. The first-order valence-corrected chi connectivity index (χ1v) is 6.05. The molecule has 1 saturated heterocycles. The maximum Gasteiger partial charge on any atom is 0.246 e. The lowest BCUT2D eigenvalue weighted by Gasteiger charge is -2.36. The topological polar surface area (TPSA) is 75.4 Å². The van der Waals surface area contributed by atoms with Crippen molar-refractivity contribution in [3.8, 4) is 0 Å². The Balaban J connectivity index is 2.20. The molecule has 1 aromatic heterocycles. The van der Waals surface area contributed by atoms with E-state index in [4.69, 9.17) is 4.42 Å². The molecular weight excluding hydrogens is 234 g/mol. The van der Waals surface area contributed by atoms with Gasteiger partial charge in [0.15, 0.2) is 0 Å². The summed E-state index contributed by atoms with van der Waals surface area (Å²) < 4.78 is 5.36. The molecule has 98 valence electrons. The highest BCUT2D eigenvalue weighted by atomic mass is 16.4. The van der Waals surface area contributed by atoms with Gasteiger partial charge in [-0.15, -0.1) is 0 Å². The van der Waals surface area contributed by atoms with Crippen molar-refractivity contribution in [3.05, 3.63) is 17.8 Å². The molecular formula is C12H17N3O3. The molecule has 2 amide bonds. The fourth-order valence-corrected chi connectivity index (χ4v) is 2.13. The van der Waals surface area contributed by atoms with E-state index in [0.717, 1.165) is 0 Å². The van der Waals surface area contributed by atoms with E-state index in [1.807, 2.05) is 6.92 Å². The minimum absolute atomic E-state index is 0.0997. The Labute approximate surface area is 105 Å². The largest absolute Gasteiger partial charge is 0.444 e. The molecule has 1 aliphatic heterocycles. The van der Waals surface area contributed by atoms with Gasteiger partial charge in [-0.05, 0) is 20.3 Å². The molecule has 0 radical (unpaired) electrons. The van der Waals surface area contributed by atoms with Crippen LogP contribution in [0, 0.1) is 6.92 Å². The lowest BCUT2D eigenvalue weighted by atomic mass is 10.1. The van der Waals surface area contributed by atoms with Gasteiger partial charge in [0, 0.05) is 0 Å². The summed E-state index contributed by atoms with van der Waals surface area (Å²) in [6, 6.07) is -0.933. The number of nitrogens with zero attached hydrogens (tertiary/aromatic N) is 2. The Morgan fingerprint density at radius 1 is 1.50 bits per heavy atom. The van der Waals surface area contributed by atoms with Gasteiger partial charge in [-0.25, -0.2) is 4.98 Å². The first-order valence-electron chi connectivity index (χ1n) is 6.05. The van der Waals surface area contributed by atoms with E-state index in [1.165, 1.54) is 4.90 Å². The molecule has 1 N–H and O–H groups in total. The van der Waals surface area contributed by atoms with Crippen LogP contribution < -0.4 is 5.32 Å². The molecule has 0 aromatic carbocycles. The summed E-state index contributed by atoms with van der Waals surface area (Å²) in [6.07, 6.45) is 2.18. The number of rotatable bonds is 3. The van der Waals surface area contributed by atoms with E-state index in [1.54, 1.807) is 20.0 Å². The maximum atomic E-state index is 12.1. The Hall–Kier alpha value is -1.85. The highest BCUT2D eigenvalue weighted by Gasteiger charge is 2.37. The van der Waals surface area contributed by atoms with Gasteiger partial charge in [-0.2, -0.15) is 0 Å². The number of hydrogen-bond donors (Lipinski definition) is 1. The number of aromatic nitrogens is 1. The van der Waals surface area contributed by atoms with Crippen LogP contribution in [0.25, 0.3) is 0 Å². The van der Waals surface area contributed by atoms with E-state index < -0.39 is 12.1 Å². The second-order valence-electron chi connectivity index (χ2n) is 4.49. The smallest absolute Gasteiger partial charge is 0.246 e. The van der Waals surface area contributed by atoms with Gasteiger partial charge in [0.05, 0.1) is 12.7 Å². The molecule has 1 aliphatic rings. The highest BCUT2D eigenvalue weighted by Crippen LogP contribution is 2.16. The van der Waals surface area contributed by atoms with Gasteiger partial charge >= 0.3 is 0 Å². The third-order valence-corrected chi connectivity index (χ3v) is 3.05. The summed E-state index contributed by atoms with van der Waals surface area (Å²) in [4.78, 5) is 29.5. The van der Waals surface area contributed by atoms with E-state index in [9.17, 15) is 9.59 Å². The van der Waals surface area contributed by atoms with Crippen molar-refractivity contribution in [2.45, 2.75) is 45.8 Å². The van der Waals surface area contributed by atoms with Crippen LogP contribution in [0.3, 0.4) is 0 Å². The summed E-state index contributed by atoms with van der Waals surface area (Å²) >= 11 is 0. The third-order valence-electron chi connectivity index (χ3n) is 3.05. The van der Waals surface area contributed by atoms with Crippen molar-refractivity contribution in [1.29, 1.82) is 0 Å². The second kappa shape index (κ2) is 4.80. The number of oxazole rings is 1. The van der Waals surface area contributed by atoms with Crippen LogP contribution in [-0.4, -0.2) is 33.8 Å². The summed E-state index contributed by atoms with van der Waals surface area (Å²) in [5.74, 6) is 0.936. The Morgan fingerprint density at radius 3 is 2.78 bits per heavy atom. The lowest BCUT2D eigenvalue weighted by Crippen LogP contribution is -2.61. The number of piperazine rings is 1. The van der Waals surface area contributed by atoms with Gasteiger partial charge in [0.2, 0.25) is 17.7 Å². The minimum atomic E-state index is -0.489. The van der Waals surface area contributed by atoms with E-state index in [0.29, 0.717) is 18.1 Å². The van der Waals surface area contributed by atoms with Crippen LogP contribution in [0.15, 0.2) is 10.6 Å². The summed E-state index contributed by atoms with van der Waals surface area (Å²) in [6.45, 7) is 5.59. The molecule has 0 saturated carbocycles. The van der Waals surface area contributed by atoms with Crippen molar-refractivity contribution in [2.24, 2.45) is 0 Å². The van der Waals surface area contributed by atoms with Crippen molar-refractivity contribution in [1.82, 2.24) is 15.2 Å². The average Bonchev–Trinajstić information content (AvgIpc) is 2.72. The molecule has 18 heavy (non-hydrogen) atoms. The van der Waals surface area contributed by atoms with E-state index in [2.05, 4.69) is 10.3 Å². The number of carbonyl (C=O) groups is 2. The molecule has 2 atom stereocenters. The number of carbonyl (C=O) groups excluding carboxylic acids is 2.